The van der Waals surface area contributed by atoms with Gasteiger partial charge in [0.2, 0.25) is 0 Å². The zero-order valence-corrected chi connectivity index (χ0v) is 15.0. The number of pyridine rings is 1. The molecule has 6 heteroatoms. The highest BCUT2D eigenvalue weighted by Gasteiger charge is 2.14. The van der Waals surface area contributed by atoms with E-state index in [1.807, 2.05) is 31.2 Å². The Kier molecular flexibility index (Phi) is 4.73. The summed E-state index contributed by atoms with van der Waals surface area (Å²) in [5, 5.41) is 3.40. The van der Waals surface area contributed by atoms with Crippen LogP contribution < -0.4 is 10.2 Å². The number of aryl methyl sites for hydroxylation is 1. The van der Waals surface area contributed by atoms with E-state index in [-0.39, 0.29) is 5.91 Å². The SMILES string of the molecule is Cc1cc(C(=O)Nc2ccc(N3CCOCC3)cc2)c2cc(F)ccc2n1. The Hall–Kier alpha value is -2.99. The number of nitrogens with zero attached hydrogens (tertiary/aromatic N) is 2. The zero-order valence-electron chi connectivity index (χ0n) is 15.0. The second kappa shape index (κ2) is 7.32. The molecule has 0 aliphatic carbocycles. The van der Waals surface area contributed by atoms with Crippen LogP contribution in [-0.4, -0.2) is 37.2 Å². The van der Waals surface area contributed by atoms with Crippen LogP contribution in [0.1, 0.15) is 16.1 Å². The van der Waals surface area contributed by atoms with Crippen molar-refractivity contribution in [3.63, 3.8) is 0 Å². The van der Waals surface area contributed by atoms with Crippen molar-refractivity contribution in [3.05, 3.63) is 65.6 Å². The summed E-state index contributed by atoms with van der Waals surface area (Å²) >= 11 is 0. The predicted octanol–water partition coefficient (Wildman–Crippen LogP) is 3.77. The number of anilines is 2. The second-order valence-corrected chi connectivity index (χ2v) is 6.57. The molecule has 1 N–H and O–H groups in total. The van der Waals surface area contributed by atoms with Crippen molar-refractivity contribution >= 4 is 28.2 Å². The third kappa shape index (κ3) is 3.75. The van der Waals surface area contributed by atoms with Crippen LogP contribution in [0.3, 0.4) is 0 Å². The van der Waals surface area contributed by atoms with Gasteiger partial charge in [0, 0.05) is 35.5 Å². The van der Waals surface area contributed by atoms with Gasteiger partial charge in [-0.2, -0.15) is 0 Å². The maximum absolute atomic E-state index is 13.7. The molecule has 27 heavy (non-hydrogen) atoms. The molecule has 1 aliphatic rings. The Morgan fingerprint density at radius 3 is 2.59 bits per heavy atom. The number of carbonyl (C=O) groups is 1. The standard InChI is InChI=1S/C21H20FN3O2/c1-14-12-19(18-13-15(22)2-7-20(18)23-14)21(26)24-16-3-5-17(6-4-16)25-8-10-27-11-9-25/h2-7,12-13H,8-11H2,1H3,(H,24,26). The van der Waals surface area contributed by atoms with Crippen molar-refractivity contribution in [2.45, 2.75) is 6.92 Å². The van der Waals surface area contributed by atoms with Crippen LogP contribution in [0.15, 0.2) is 48.5 Å². The van der Waals surface area contributed by atoms with Gasteiger partial charge in [-0.05, 0) is 55.5 Å². The molecule has 0 atom stereocenters. The number of nitrogens with one attached hydrogen (secondary N) is 1. The highest BCUT2D eigenvalue weighted by atomic mass is 19.1. The Labute approximate surface area is 156 Å². The number of benzene rings is 2. The maximum Gasteiger partial charge on any atom is 0.256 e. The highest BCUT2D eigenvalue weighted by molar-refractivity contribution is 6.12. The van der Waals surface area contributed by atoms with E-state index >= 15 is 0 Å². The van der Waals surface area contributed by atoms with Gasteiger partial charge >= 0.3 is 0 Å². The van der Waals surface area contributed by atoms with Gasteiger partial charge in [-0.1, -0.05) is 0 Å². The molecule has 1 amide bonds. The van der Waals surface area contributed by atoms with Gasteiger partial charge < -0.3 is 15.0 Å². The molecule has 1 aromatic heterocycles. The third-order valence-corrected chi connectivity index (χ3v) is 4.64. The van der Waals surface area contributed by atoms with Crippen molar-refractivity contribution in [2.24, 2.45) is 0 Å². The molecule has 1 fully saturated rings. The first-order chi connectivity index (χ1) is 13.1. The predicted molar refractivity (Wildman–Crippen MR) is 104 cm³/mol. The topological polar surface area (TPSA) is 54.5 Å². The minimum Gasteiger partial charge on any atom is -0.378 e. The largest absolute Gasteiger partial charge is 0.378 e. The second-order valence-electron chi connectivity index (χ2n) is 6.57. The first kappa shape index (κ1) is 17.4. The number of halogens is 1. The summed E-state index contributed by atoms with van der Waals surface area (Å²) in [5.41, 5.74) is 3.51. The van der Waals surface area contributed by atoms with E-state index in [1.165, 1.54) is 12.1 Å². The molecule has 1 saturated heterocycles. The minimum atomic E-state index is -0.392. The van der Waals surface area contributed by atoms with Crippen LogP contribution in [0.4, 0.5) is 15.8 Å². The Morgan fingerprint density at radius 1 is 1.11 bits per heavy atom. The summed E-state index contributed by atoms with van der Waals surface area (Å²) in [5.74, 6) is -0.674. The smallest absolute Gasteiger partial charge is 0.256 e. The monoisotopic (exact) mass is 365 g/mol. The van der Waals surface area contributed by atoms with Crippen LogP contribution in [0.2, 0.25) is 0 Å². The first-order valence-electron chi connectivity index (χ1n) is 8.91. The van der Waals surface area contributed by atoms with Gasteiger partial charge in [0.25, 0.3) is 5.91 Å². The fourth-order valence-electron chi connectivity index (χ4n) is 3.29. The number of hydrogen-bond donors (Lipinski definition) is 1. The van der Waals surface area contributed by atoms with Gasteiger partial charge in [0.1, 0.15) is 5.82 Å². The van der Waals surface area contributed by atoms with E-state index in [4.69, 9.17) is 4.74 Å². The summed E-state index contributed by atoms with van der Waals surface area (Å²) in [6.45, 7) is 4.99. The number of fused-ring (bicyclic) bond motifs is 1. The molecule has 0 unspecified atom stereocenters. The summed E-state index contributed by atoms with van der Waals surface area (Å²) in [7, 11) is 0. The molecular weight excluding hydrogens is 345 g/mol. The van der Waals surface area contributed by atoms with E-state index < -0.39 is 5.82 Å². The van der Waals surface area contributed by atoms with Crippen molar-refractivity contribution in [1.29, 1.82) is 0 Å². The highest BCUT2D eigenvalue weighted by Crippen LogP contribution is 2.23. The maximum atomic E-state index is 13.7. The molecule has 138 valence electrons. The molecule has 4 rings (SSSR count). The van der Waals surface area contributed by atoms with Crippen LogP contribution in [0.25, 0.3) is 10.9 Å². The van der Waals surface area contributed by atoms with Gasteiger partial charge in [0.15, 0.2) is 0 Å². The summed E-state index contributed by atoms with van der Waals surface area (Å²) in [6.07, 6.45) is 0. The number of aromatic nitrogens is 1. The van der Waals surface area contributed by atoms with Gasteiger partial charge in [-0.25, -0.2) is 4.39 Å². The fraction of sp³-hybridized carbons (Fsp3) is 0.238. The summed E-state index contributed by atoms with van der Waals surface area (Å²) < 4.78 is 19.0. The van der Waals surface area contributed by atoms with E-state index in [1.54, 1.807) is 12.1 Å². The fourth-order valence-corrected chi connectivity index (χ4v) is 3.29. The molecular formula is C21H20FN3O2. The Morgan fingerprint density at radius 2 is 1.85 bits per heavy atom. The van der Waals surface area contributed by atoms with E-state index in [2.05, 4.69) is 15.2 Å². The number of ether oxygens (including phenoxy) is 1. The molecule has 2 aromatic carbocycles. The van der Waals surface area contributed by atoms with Crippen LogP contribution in [0.5, 0.6) is 0 Å². The van der Waals surface area contributed by atoms with Crippen LogP contribution in [0, 0.1) is 12.7 Å². The molecule has 0 saturated carbocycles. The van der Waals surface area contributed by atoms with Crippen molar-refractivity contribution in [2.75, 3.05) is 36.5 Å². The van der Waals surface area contributed by atoms with Crippen molar-refractivity contribution < 1.29 is 13.9 Å². The number of morpholine rings is 1. The van der Waals surface area contributed by atoms with E-state index in [0.717, 1.165) is 32.0 Å². The van der Waals surface area contributed by atoms with Crippen molar-refractivity contribution in [3.8, 4) is 0 Å². The first-order valence-corrected chi connectivity index (χ1v) is 8.91. The normalized spacial score (nSPS) is 14.4. The van der Waals surface area contributed by atoms with Crippen molar-refractivity contribution in [1.82, 2.24) is 4.98 Å². The molecule has 3 aromatic rings. The minimum absolute atomic E-state index is 0.282. The Bertz CT molecular complexity index is 983. The number of carbonyl (C=O) groups excluding carboxylic acids is 1. The van der Waals surface area contributed by atoms with Gasteiger partial charge in [-0.15, -0.1) is 0 Å². The third-order valence-electron chi connectivity index (χ3n) is 4.64. The molecule has 0 radical (unpaired) electrons. The van der Waals surface area contributed by atoms with Gasteiger partial charge in [0.05, 0.1) is 24.3 Å². The number of amides is 1. The zero-order chi connectivity index (χ0) is 18.8. The number of rotatable bonds is 3. The molecule has 5 nitrogen and oxygen atoms in total. The summed E-state index contributed by atoms with van der Waals surface area (Å²) in [6, 6.07) is 13.7. The lowest BCUT2D eigenvalue weighted by Gasteiger charge is -2.28. The molecule has 2 heterocycles. The quantitative estimate of drug-likeness (QED) is 0.768. The average molecular weight is 365 g/mol. The summed E-state index contributed by atoms with van der Waals surface area (Å²) in [4.78, 5) is 19.4. The molecule has 0 bridgehead atoms. The van der Waals surface area contributed by atoms with Crippen LogP contribution in [-0.2, 0) is 4.74 Å². The van der Waals surface area contributed by atoms with Gasteiger partial charge in [-0.3, -0.25) is 9.78 Å². The lowest BCUT2D eigenvalue weighted by Crippen LogP contribution is -2.36. The lowest BCUT2D eigenvalue weighted by molar-refractivity contribution is 0.102. The molecule has 1 aliphatic heterocycles. The number of hydrogen-bond acceptors (Lipinski definition) is 4. The lowest BCUT2D eigenvalue weighted by atomic mass is 10.1. The van der Waals surface area contributed by atoms with E-state index in [0.29, 0.717) is 27.8 Å². The molecule has 0 spiro atoms. The van der Waals surface area contributed by atoms with E-state index in [9.17, 15) is 9.18 Å². The average Bonchev–Trinajstić information content (AvgIpc) is 2.69. The Balaban J connectivity index is 1.57. The van der Waals surface area contributed by atoms with Crippen LogP contribution >= 0.6 is 0 Å².